The molecule has 0 spiro atoms. The predicted molar refractivity (Wildman–Crippen MR) is 72.1 cm³/mol. The zero-order valence-electron chi connectivity index (χ0n) is 10.5. The number of pyridine rings is 1. The highest BCUT2D eigenvalue weighted by Crippen LogP contribution is 2.20. The Kier molecular flexibility index (Phi) is 3.72. The number of hydrogen-bond acceptors (Lipinski definition) is 3. The van der Waals surface area contributed by atoms with Gasteiger partial charge in [0.05, 0.1) is 12.1 Å². The first kappa shape index (κ1) is 12.3. The summed E-state index contributed by atoms with van der Waals surface area (Å²) in [5, 5.41) is 1.10. The van der Waals surface area contributed by atoms with E-state index in [9.17, 15) is 4.79 Å². The van der Waals surface area contributed by atoms with Crippen LogP contribution in [-0.4, -0.2) is 17.6 Å². The molecule has 0 radical (unpaired) electrons. The lowest BCUT2D eigenvalue weighted by Gasteiger charge is -2.04. The molecule has 0 aliphatic rings. The lowest BCUT2D eigenvalue weighted by molar-refractivity contribution is -0.137. The standard InChI is InChI=1S/C15H15NO2/c1-3-18-14(17)9-8-12-6-7-13-5-4-10-16-15(13)11(12)2/h4-10H,3H2,1-2H3. The van der Waals surface area contributed by atoms with Crippen LogP contribution in [-0.2, 0) is 9.53 Å². The molecular formula is C15H15NO2. The van der Waals surface area contributed by atoms with E-state index in [0.717, 1.165) is 22.0 Å². The number of aryl methyl sites for hydroxylation is 1. The second-order valence-electron chi connectivity index (χ2n) is 3.94. The van der Waals surface area contributed by atoms with E-state index < -0.39 is 0 Å². The van der Waals surface area contributed by atoms with Crippen LogP contribution in [0.1, 0.15) is 18.1 Å². The van der Waals surface area contributed by atoms with Gasteiger partial charge in [0.2, 0.25) is 0 Å². The summed E-state index contributed by atoms with van der Waals surface area (Å²) >= 11 is 0. The summed E-state index contributed by atoms with van der Waals surface area (Å²) in [6, 6.07) is 7.92. The van der Waals surface area contributed by atoms with Crippen LogP contribution in [0.25, 0.3) is 17.0 Å². The Balaban J connectivity index is 2.35. The number of benzene rings is 1. The molecule has 3 nitrogen and oxygen atoms in total. The number of aromatic nitrogens is 1. The monoisotopic (exact) mass is 241 g/mol. The molecule has 0 aliphatic heterocycles. The Morgan fingerprint density at radius 1 is 1.39 bits per heavy atom. The van der Waals surface area contributed by atoms with Gasteiger partial charge in [-0.25, -0.2) is 4.79 Å². The van der Waals surface area contributed by atoms with Crippen LogP contribution in [0.5, 0.6) is 0 Å². The largest absolute Gasteiger partial charge is 0.463 e. The molecule has 2 rings (SSSR count). The van der Waals surface area contributed by atoms with Gasteiger partial charge in [-0.3, -0.25) is 4.98 Å². The molecule has 1 aromatic heterocycles. The van der Waals surface area contributed by atoms with Gasteiger partial charge in [0.15, 0.2) is 0 Å². The molecule has 0 atom stereocenters. The minimum atomic E-state index is -0.321. The number of ether oxygens (including phenoxy) is 1. The number of nitrogens with zero attached hydrogens (tertiary/aromatic N) is 1. The molecule has 0 aliphatic carbocycles. The Bertz CT molecular complexity index is 602. The van der Waals surface area contributed by atoms with Gasteiger partial charge in [0.25, 0.3) is 0 Å². The first-order valence-electron chi connectivity index (χ1n) is 5.91. The highest BCUT2D eigenvalue weighted by Gasteiger charge is 2.02. The Labute approximate surface area is 106 Å². The number of carbonyl (C=O) groups is 1. The summed E-state index contributed by atoms with van der Waals surface area (Å²) < 4.78 is 4.85. The minimum absolute atomic E-state index is 0.321. The van der Waals surface area contributed by atoms with Crippen LogP contribution in [0.3, 0.4) is 0 Å². The lowest BCUT2D eigenvalue weighted by Crippen LogP contribution is -1.98. The van der Waals surface area contributed by atoms with E-state index in [1.54, 1.807) is 19.2 Å². The van der Waals surface area contributed by atoms with E-state index >= 15 is 0 Å². The first-order chi connectivity index (χ1) is 8.72. The summed E-state index contributed by atoms with van der Waals surface area (Å²) in [7, 11) is 0. The molecule has 2 aromatic rings. The molecule has 1 heterocycles. The van der Waals surface area contributed by atoms with Gasteiger partial charge in [-0.2, -0.15) is 0 Å². The van der Waals surface area contributed by atoms with Crippen molar-refractivity contribution in [1.29, 1.82) is 0 Å². The topological polar surface area (TPSA) is 39.2 Å². The van der Waals surface area contributed by atoms with Gasteiger partial charge in [-0.1, -0.05) is 18.2 Å². The van der Waals surface area contributed by atoms with Crippen LogP contribution in [0.4, 0.5) is 0 Å². The molecule has 92 valence electrons. The van der Waals surface area contributed by atoms with E-state index in [4.69, 9.17) is 4.74 Å². The van der Waals surface area contributed by atoms with Crippen molar-refractivity contribution in [3.05, 3.63) is 47.7 Å². The molecule has 3 heteroatoms. The van der Waals surface area contributed by atoms with Crippen LogP contribution in [0.2, 0.25) is 0 Å². The Morgan fingerprint density at radius 3 is 3.00 bits per heavy atom. The molecular weight excluding hydrogens is 226 g/mol. The quantitative estimate of drug-likeness (QED) is 0.612. The van der Waals surface area contributed by atoms with Crippen molar-refractivity contribution in [2.45, 2.75) is 13.8 Å². The molecule has 0 amide bonds. The average molecular weight is 241 g/mol. The number of rotatable bonds is 3. The van der Waals surface area contributed by atoms with Crippen LogP contribution in [0, 0.1) is 6.92 Å². The third-order valence-corrected chi connectivity index (χ3v) is 2.76. The minimum Gasteiger partial charge on any atom is -0.463 e. The Hall–Kier alpha value is -2.16. The van der Waals surface area contributed by atoms with Crippen molar-refractivity contribution in [2.75, 3.05) is 6.61 Å². The fraction of sp³-hybridized carbons (Fsp3) is 0.200. The second kappa shape index (κ2) is 5.45. The van der Waals surface area contributed by atoms with E-state index in [0.29, 0.717) is 6.61 Å². The zero-order valence-corrected chi connectivity index (χ0v) is 10.5. The van der Waals surface area contributed by atoms with Gasteiger partial charge in [-0.15, -0.1) is 0 Å². The summed E-state index contributed by atoms with van der Waals surface area (Å²) in [5.41, 5.74) is 3.01. The molecule has 0 bridgehead atoms. The number of esters is 1. The van der Waals surface area contributed by atoms with Gasteiger partial charge in [0, 0.05) is 17.7 Å². The first-order valence-corrected chi connectivity index (χ1v) is 5.91. The SMILES string of the molecule is CCOC(=O)C=Cc1ccc2cccnc2c1C. The van der Waals surface area contributed by atoms with E-state index in [1.807, 2.05) is 31.2 Å². The highest BCUT2D eigenvalue weighted by molar-refractivity contribution is 5.90. The summed E-state index contributed by atoms with van der Waals surface area (Å²) in [6.45, 7) is 4.18. The number of fused-ring (bicyclic) bond motifs is 1. The number of carbonyl (C=O) groups excluding carboxylic acids is 1. The van der Waals surface area contributed by atoms with Crippen molar-refractivity contribution >= 4 is 22.9 Å². The molecule has 0 saturated heterocycles. The lowest BCUT2D eigenvalue weighted by atomic mass is 10.0. The van der Waals surface area contributed by atoms with Crippen molar-refractivity contribution in [3.8, 4) is 0 Å². The molecule has 18 heavy (non-hydrogen) atoms. The van der Waals surface area contributed by atoms with Crippen molar-refractivity contribution in [1.82, 2.24) is 4.98 Å². The highest BCUT2D eigenvalue weighted by atomic mass is 16.5. The van der Waals surface area contributed by atoms with Crippen LogP contribution in [0.15, 0.2) is 36.5 Å². The van der Waals surface area contributed by atoms with Gasteiger partial charge in [0.1, 0.15) is 0 Å². The fourth-order valence-electron chi connectivity index (χ4n) is 1.84. The fourth-order valence-corrected chi connectivity index (χ4v) is 1.84. The molecule has 0 unspecified atom stereocenters. The molecule has 0 fully saturated rings. The second-order valence-corrected chi connectivity index (χ2v) is 3.94. The van der Waals surface area contributed by atoms with Gasteiger partial charge in [-0.05, 0) is 37.1 Å². The summed E-state index contributed by atoms with van der Waals surface area (Å²) in [6.07, 6.45) is 4.98. The molecule has 1 aromatic carbocycles. The maximum atomic E-state index is 11.3. The maximum absolute atomic E-state index is 11.3. The number of hydrogen-bond donors (Lipinski definition) is 0. The third kappa shape index (κ3) is 2.56. The zero-order chi connectivity index (χ0) is 13.0. The summed E-state index contributed by atoms with van der Waals surface area (Å²) in [4.78, 5) is 15.6. The smallest absolute Gasteiger partial charge is 0.330 e. The summed E-state index contributed by atoms with van der Waals surface area (Å²) in [5.74, 6) is -0.321. The maximum Gasteiger partial charge on any atom is 0.330 e. The molecule has 0 saturated carbocycles. The van der Waals surface area contributed by atoms with E-state index in [-0.39, 0.29) is 5.97 Å². The van der Waals surface area contributed by atoms with E-state index in [1.165, 1.54) is 6.08 Å². The van der Waals surface area contributed by atoms with Crippen molar-refractivity contribution in [2.24, 2.45) is 0 Å². The van der Waals surface area contributed by atoms with Crippen molar-refractivity contribution in [3.63, 3.8) is 0 Å². The predicted octanol–water partition coefficient (Wildman–Crippen LogP) is 3.12. The Morgan fingerprint density at radius 2 is 2.22 bits per heavy atom. The van der Waals surface area contributed by atoms with Crippen molar-refractivity contribution < 1.29 is 9.53 Å². The third-order valence-electron chi connectivity index (χ3n) is 2.76. The molecule has 0 N–H and O–H groups in total. The van der Waals surface area contributed by atoms with Gasteiger partial charge < -0.3 is 4.74 Å². The van der Waals surface area contributed by atoms with Gasteiger partial charge >= 0.3 is 5.97 Å². The normalized spacial score (nSPS) is 11.0. The average Bonchev–Trinajstić information content (AvgIpc) is 2.39. The van der Waals surface area contributed by atoms with E-state index in [2.05, 4.69) is 4.98 Å². The van der Waals surface area contributed by atoms with Crippen LogP contribution < -0.4 is 0 Å². The van der Waals surface area contributed by atoms with Crippen LogP contribution >= 0.6 is 0 Å².